The summed E-state index contributed by atoms with van der Waals surface area (Å²) in [4.78, 5) is 10.2. The lowest BCUT2D eigenvalue weighted by Gasteiger charge is -2.26. The van der Waals surface area contributed by atoms with E-state index in [0.717, 1.165) is 103 Å². The number of aromatic nitrogens is 2. The second-order valence-electron chi connectivity index (χ2n) is 13.2. The lowest BCUT2D eigenvalue weighted by Crippen LogP contribution is -2.27. The van der Waals surface area contributed by atoms with E-state index in [1.54, 1.807) is 0 Å². The third-order valence-electron chi connectivity index (χ3n) is 10.6. The largest absolute Gasteiger partial charge is 0.309 e. The van der Waals surface area contributed by atoms with Gasteiger partial charge in [-0.25, -0.2) is 9.97 Å². The van der Waals surface area contributed by atoms with Gasteiger partial charge in [-0.1, -0.05) is 133 Å². The number of benzene rings is 9. The summed E-state index contributed by atoms with van der Waals surface area (Å²) < 4.78 is 17.2. The molecule has 0 saturated carbocycles. The Morgan fingerprint density at radius 1 is 0.360 bits per heavy atom. The molecule has 0 N–H and O–H groups in total. The monoisotopic (exact) mass is 654 g/mol. The topological polar surface area (TPSA) is 42.9 Å². The molecule has 0 bridgehead atoms. The van der Waals surface area contributed by atoms with Crippen LogP contribution < -0.4 is 15.9 Å². The maximum absolute atomic E-state index is 17.2. The summed E-state index contributed by atoms with van der Waals surface area (Å²) in [7, 11) is -3.61. The van der Waals surface area contributed by atoms with E-state index in [2.05, 4.69) is 140 Å². The Morgan fingerprint density at radius 2 is 0.800 bits per heavy atom. The average molecular weight is 655 g/mol. The minimum atomic E-state index is -3.61. The van der Waals surface area contributed by atoms with Crippen LogP contribution in [0.4, 0.5) is 0 Å². The minimum absolute atomic E-state index is 0.830. The molecule has 3 nitrogen and oxygen atoms in total. The summed E-state index contributed by atoms with van der Waals surface area (Å²) in [6, 6.07) is 56.8. The summed E-state index contributed by atoms with van der Waals surface area (Å²) in [6.07, 6.45) is 0. The van der Waals surface area contributed by atoms with Crippen molar-refractivity contribution >= 4 is 88.0 Å². The quantitative estimate of drug-likeness (QED) is 0.141. The van der Waals surface area contributed by atoms with Crippen molar-refractivity contribution < 1.29 is 4.57 Å². The fraction of sp³-hybridized carbons (Fsp3) is 0. The zero-order valence-electron chi connectivity index (χ0n) is 26.8. The highest BCUT2D eigenvalue weighted by molar-refractivity contribution is 7.86. The van der Waals surface area contributed by atoms with Gasteiger partial charge in [-0.3, -0.25) is 0 Å². The highest BCUT2D eigenvalue weighted by atomic mass is 31.2. The second kappa shape index (κ2) is 10.2. The molecule has 1 aromatic heterocycles. The van der Waals surface area contributed by atoms with Crippen molar-refractivity contribution in [1.82, 2.24) is 9.97 Å². The molecule has 0 radical (unpaired) electrons. The first kappa shape index (κ1) is 27.8. The van der Waals surface area contributed by atoms with Gasteiger partial charge in [0.1, 0.15) is 0 Å². The first-order valence-corrected chi connectivity index (χ1v) is 18.7. The third kappa shape index (κ3) is 3.68. The van der Waals surface area contributed by atoms with Crippen LogP contribution in [0.2, 0.25) is 0 Å². The van der Waals surface area contributed by atoms with Crippen LogP contribution in [-0.2, 0) is 4.57 Å². The van der Waals surface area contributed by atoms with Crippen LogP contribution in [0.3, 0.4) is 0 Å². The summed E-state index contributed by atoms with van der Waals surface area (Å²) in [5.41, 5.74) is 5.56. The Bertz CT molecular complexity index is 2970. The van der Waals surface area contributed by atoms with Gasteiger partial charge in [-0.05, 0) is 78.8 Å². The molecule has 0 spiro atoms. The van der Waals surface area contributed by atoms with Crippen LogP contribution in [0.1, 0.15) is 0 Å². The molecule has 0 unspecified atom stereocenters. The lowest BCUT2D eigenvalue weighted by atomic mass is 10.0. The molecule has 10 aromatic rings. The average Bonchev–Trinajstić information content (AvgIpc) is 3.49. The summed E-state index contributed by atoms with van der Waals surface area (Å²) in [5.74, 6) is 0. The van der Waals surface area contributed by atoms with E-state index in [4.69, 9.17) is 9.97 Å². The molecular weight excluding hydrogens is 627 g/mol. The molecule has 1 aliphatic rings. The predicted molar refractivity (Wildman–Crippen MR) is 211 cm³/mol. The first-order chi connectivity index (χ1) is 24.7. The van der Waals surface area contributed by atoms with Gasteiger partial charge in [0.2, 0.25) is 0 Å². The summed E-state index contributed by atoms with van der Waals surface area (Å²) in [6.45, 7) is 0. The van der Waals surface area contributed by atoms with Crippen molar-refractivity contribution in [2.75, 3.05) is 0 Å². The van der Waals surface area contributed by atoms with E-state index < -0.39 is 7.14 Å². The van der Waals surface area contributed by atoms with Crippen molar-refractivity contribution in [2.45, 2.75) is 0 Å². The molecule has 9 aromatic carbocycles. The van der Waals surface area contributed by atoms with Crippen molar-refractivity contribution in [1.29, 1.82) is 0 Å². The van der Waals surface area contributed by atoms with E-state index in [0.29, 0.717) is 0 Å². The van der Waals surface area contributed by atoms with Crippen molar-refractivity contribution in [2.24, 2.45) is 0 Å². The number of para-hydroxylation sites is 2. The molecule has 0 fully saturated rings. The van der Waals surface area contributed by atoms with Crippen molar-refractivity contribution in [3.8, 4) is 22.5 Å². The SMILES string of the molecule is O=P(c1ccc2c3c(cccc13)-c1nc3ccccc3nc1-2)(c1cc2ccccc2c2ccccc12)c1cc2ccccc2c2ccccc12. The standard InChI is InChI=1S/C46H27N2OP/c49-50(42-26-28-12-1-3-14-30(28)32-16-5-7-18-34(32)42,43-27-29-13-2-4-15-31(29)33-17-6-8-19-35(33)43)41-25-24-38-44-36(41)20-11-21-37(44)45-46(38)48-40-23-10-9-22-39(40)47-45/h1-27H. The molecule has 0 aliphatic heterocycles. The Kier molecular flexibility index (Phi) is 5.65. The maximum Gasteiger partial charge on any atom is 0.172 e. The van der Waals surface area contributed by atoms with Gasteiger partial charge >= 0.3 is 0 Å². The van der Waals surface area contributed by atoms with Crippen LogP contribution >= 0.6 is 7.14 Å². The fourth-order valence-electron chi connectivity index (χ4n) is 8.42. The van der Waals surface area contributed by atoms with Crippen molar-refractivity contribution in [3.63, 3.8) is 0 Å². The van der Waals surface area contributed by atoms with Crippen LogP contribution in [0.25, 0.3) is 87.4 Å². The molecule has 50 heavy (non-hydrogen) atoms. The Morgan fingerprint density at radius 3 is 1.36 bits per heavy atom. The van der Waals surface area contributed by atoms with Gasteiger partial charge in [0.15, 0.2) is 7.14 Å². The van der Waals surface area contributed by atoms with Crippen LogP contribution in [0.5, 0.6) is 0 Å². The molecule has 232 valence electrons. The highest BCUT2D eigenvalue weighted by Gasteiger charge is 2.37. The van der Waals surface area contributed by atoms with E-state index >= 15 is 4.57 Å². The van der Waals surface area contributed by atoms with Gasteiger partial charge in [-0.15, -0.1) is 0 Å². The molecule has 1 aliphatic carbocycles. The fourth-order valence-corrected chi connectivity index (χ4v) is 11.7. The number of hydrogen-bond acceptors (Lipinski definition) is 3. The van der Waals surface area contributed by atoms with Crippen LogP contribution in [-0.4, -0.2) is 9.97 Å². The smallest absolute Gasteiger partial charge is 0.172 e. The van der Waals surface area contributed by atoms with E-state index in [-0.39, 0.29) is 0 Å². The number of hydrogen-bond donors (Lipinski definition) is 0. The zero-order valence-corrected chi connectivity index (χ0v) is 27.7. The molecule has 0 amide bonds. The van der Waals surface area contributed by atoms with E-state index in [1.165, 1.54) is 0 Å². The number of rotatable bonds is 3. The molecule has 4 heteroatoms. The van der Waals surface area contributed by atoms with Gasteiger partial charge < -0.3 is 4.57 Å². The van der Waals surface area contributed by atoms with Crippen molar-refractivity contribution in [3.05, 3.63) is 164 Å². The predicted octanol–water partition coefficient (Wildman–Crippen LogP) is 10.7. The summed E-state index contributed by atoms with van der Waals surface area (Å²) >= 11 is 0. The molecule has 0 saturated heterocycles. The first-order valence-electron chi connectivity index (χ1n) is 16.9. The van der Waals surface area contributed by atoms with E-state index in [9.17, 15) is 0 Å². The zero-order chi connectivity index (χ0) is 33.0. The molecule has 1 heterocycles. The number of nitrogens with zero attached hydrogens (tertiary/aromatic N) is 2. The molecule has 11 rings (SSSR count). The summed E-state index contributed by atoms with van der Waals surface area (Å²) in [5, 5.41) is 13.2. The third-order valence-corrected chi connectivity index (χ3v) is 13.8. The molecular formula is C46H27N2OP. The van der Waals surface area contributed by atoms with E-state index in [1.807, 2.05) is 24.3 Å². The van der Waals surface area contributed by atoms with Crippen LogP contribution in [0.15, 0.2) is 164 Å². The minimum Gasteiger partial charge on any atom is -0.309 e. The second-order valence-corrected chi connectivity index (χ2v) is 15.9. The lowest BCUT2D eigenvalue weighted by molar-refractivity contribution is 0.593. The Balaban J connectivity index is 1.32. The Labute approximate surface area is 287 Å². The number of fused-ring (bicyclic) bond motifs is 10. The Hall–Kier alpha value is -6.15. The van der Waals surface area contributed by atoms with Gasteiger partial charge in [-0.2, -0.15) is 0 Å². The molecule has 0 atom stereocenters. The highest BCUT2D eigenvalue weighted by Crippen LogP contribution is 2.53. The van der Waals surface area contributed by atoms with Gasteiger partial charge in [0.05, 0.1) is 22.4 Å². The maximum atomic E-state index is 17.2. The van der Waals surface area contributed by atoms with Gasteiger partial charge in [0, 0.05) is 32.4 Å². The van der Waals surface area contributed by atoms with Gasteiger partial charge in [0.25, 0.3) is 0 Å². The normalized spacial score (nSPS) is 12.5. The van der Waals surface area contributed by atoms with Crippen LogP contribution in [0, 0.1) is 0 Å².